The van der Waals surface area contributed by atoms with Crippen LogP contribution in [0.1, 0.15) is 12.5 Å². The summed E-state index contributed by atoms with van der Waals surface area (Å²) in [4.78, 5) is 16.6. The minimum absolute atomic E-state index is 0.134. The monoisotopic (exact) mass is 397 g/mol. The van der Waals surface area contributed by atoms with Crippen molar-refractivity contribution in [1.29, 1.82) is 0 Å². The highest BCUT2D eigenvalue weighted by Crippen LogP contribution is 2.26. The molecule has 8 heteroatoms. The van der Waals surface area contributed by atoms with Crippen LogP contribution in [0.15, 0.2) is 66.6 Å². The Labute approximate surface area is 166 Å². The molecule has 0 radical (unpaired) electrons. The number of hydrogen-bond acceptors (Lipinski definition) is 5. The van der Waals surface area contributed by atoms with Gasteiger partial charge in [0.2, 0.25) is 5.91 Å². The molecule has 1 aromatic carbocycles. The highest BCUT2D eigenvalue weighted by atomic mass is 32.2. The van der Waals surface area contributed by atoms with E-state index < -0.39 is 0 Å². The van der Waals surface area contributed by atoms with Crippen LogP contribution in [0.5, 0.6) is 0 Å². The fourth-order valence-electron chi connectivity index (χ4n) is 2.52. The lowest BCUT2D eigenvalue weighted by Gasteiger charge is -2.13. The number of nitrogens with zero attached hydrogens (tertiary/aromatic N) is 4. The number of amides is 1. The maximum Gasteiger partial charge on any atom is 0.233 e. The lowest BCUT2D eigenvalue weighted by molar-refractivity contribution is -0.120. The second-order valence-electron chi connectivity index (χ2n) is 6.05. The first kappa shape index (κ1) is 19.8. The standard InChI is InChI=1S/C20H20FN5OS/c1-3-11-26-18(16-5-4-10-22-13-16)24-25-20(26)28-14(2)19(27)23-12-15-6-8-17(21)9-7-15/h3-10,13-14H,1,11-12H2,2H3,(H,23,27)/t14-/m0/s1. The molecule has 3 rings (SSSR count). The molecule has 0 saturated carbocycles. The summed E-state index contributed by atoms with van der Waals surface area (Å²) in [7, 11) is 0. The molecule has 0 saturated heterocycles. The van der Waals surface area contributed by atoms with Crippen molar-refractivity contribution in [2.45, 2.75) is 30.4 Å². The maximum absolute atomic E-state index is 13.0. The zero-order chi connectivity index (χ0) is 19.9. The highest BCUT2D eigenvalue weighted by molar-refractivity contribution is 8.00. The summed E-state index contributed by atoms with van der Waals surface area (Å²) in [6, 6.07) is 9.78. The van der Waals surface area contributed by atoms with Crippen molar-refractivity contribution in [1.82, 2.24) is 25.1 Å². The number of halogens is 1. The molecule has 0 aliphatic carbocycles. The molecule has 1 amide bonds. The molecule has 0 spiro atoms. The van der Waals surface area contributed by atoms with Crippen LogP contribution in [-0.2, 0) is 17.9 Å². The van der Waals surface area contributed by atoms with E-state index >= 15 is 0 Å². The van der Waals surface area contributed by atoms with Gasteiger partial charge < -0.3 is 5.32 Å². The van der Waals surface area contributed by atoms with Crippen LogP contribution in [0.3, 0.4) is 0 Å². The maximum atomic E-state index is 13.0. The second-order valence-corrected chi connectivity index (χ2v) is 7.36. The molecule has 1 atom stereocenters. The molecule has 2 aromatic heterocycles. The lowest BCUT2D eigenvalue weighted by atomic mass is 10.2. The van der Waals surface area contributed by atoms with E-state index in [1.807, 2.05) is 16.7 Å². The van der Waals surface area contributed by atoms with Gasteiger partial charge in [0.25, 0.3) is 0 Å². The molecule has 28 heavy (non-hydrogen) atoms. The zero-order valence-corrected chi connectivity index (χ0v) is 16.2. The summed E-state index contributed by atoms with van der Waals surface area (Å²) in [6.07, 6.45) is 5.17. The van der Waals surface area contributed by atoms with Gasteiger partial charge in [0.1, 0.15) is 5.82 Å². The minimum atomic E-state index is -0.380. The molecule has 0 aliphatic heterocycles. The first-order valence-corrected chi connectivity index (χ1v) is 9.59. The van der Waals surface area contributed by atoms with Gasteiger partial charge in [-0.1, -0.05) is 30.0 Å². The number of rotatable bonds is 8. The summed E-state index contributed by atoms with van der Waals surface area (Å²) in [5.74, 6) is 0.241. The average molecular weight is 397 g/mol. The van der Waals surface area contributed by atoms with Crippen LogP contribution in [0.2, 0.25) is 0 Å². The topological polar surface area (TPSA) is 72.7 Å². The molecule has 144 valence electrons. The first-order chi connectivity index (χ1) is 13.6. The Balaban J connectivity index is 1.68. The summed E-state index contributed by atoms with van der Waals surface area (Å²) in [5.41, 5.74) is 1.68. The summed E-state index contributed by atoms with van der Waals surface area (Å²) in [5, 5.41) is 11.6. The van der Waals surface area contributed by atoms with Crippen molar-refractivity contribution < 1.29 is 9.18 Å². The van der Waals surface area contributed by atoms with Crippen molar-refractivity contribution >= 4 is 17.7 Å². The lowest BCUT2D eigenvalue weighted by Crippen LogP contribution is -2.30. The van der Waals surface area contributed by atoms with Crippen molar-refractivity contribution in [3.05, 3.63) is 72.8 Å². The van der Waals surface area contributed by atoms with Crippen LogP contribution in [0.25, 0.3) is 11.4 Å². The number of thioether (sulfide) groups is 1. The Morgan fingerprint density at radius 2 is 2.11 bits per heavy atom. The average Bonchev–Trinajstić information content (AvgIpc) is 3.10. The van der Waals surface area contributed by atoms with E-state index in [2.05, 4.69) is 27.1 Å². The molecular formula is C20H20FN5OS. The number of pyridine rings is 1. The number of carbonyl (C=O) groups excluding carboxylic acids is 1. The SMILES string of the molecule is C=CCn1c(S[C@@H](C)C(=O)NCc2ccc(F)cc2)nnc1-c1cccnc1. The summed E-state index contributed by atoms with van der Waals surface area (Å²) >= 11 is 1.32. The van der Waals surface area contributed by atoms with Gasteiger partial charge in [-0.3, -0.25) is 14.3 Å². The molecule has 3 aromatic rings. The molecule has 0 fully saturated rings. The Morgan fingerprint density at radius 1 is 1.32 bits per heavy atom. The molecule has 6 nitrogen and oxygen atoms in total. The highest BCUT2D eigenvalue weighted by Gasteiger charge is 2.20. The van der Waals surface area contributed by atoms with Gasteiger partial charge in [0.05, 0.1) is 5.25 Å². The van der Waals surface area contributed by atoms with Gasteiger partial charge in [-0.25, -0.2) is 4.39 Å². The molecule has 0 bridgehead atoms. The zero-order valence-electron chi connectivity index (χ0n) is 15.4. The summed E-state index contributed by atoms with van der Waals surface area (Å²) < 4.78 is 14.9. The first-order valence-electron chi connectivity index (χ1n) is 8.71. The van der Waals surface area contributed by atoms with Gasteiger partial charge in [-0.15, -0.1) is 16.8 Å². The second kappa shape index (κ2) is 9.27. The third-order valence-corrected chi connectivity index (χ3v) is 5.06. The molecule has 0 aliphatic rings. The predicted molar refractivity (Wildman–Crippen MR) is 107 cm³/mol. The van der Waals surface area contributed by atoms with Crippen molar-refractivity contribution in [2.75, 3.05) is 0 Å². The molecule has 2 heterocycles. The van der Waals surface area contributed by atoms with Crippen LogP contribution < -0.4 is 5.32 Å². The third kappa shape index (κ3) is 4.83. The van der Waals surface area contributed by atoms with E-state index in [-0.39, 0.29) is 17.0 Å². The normalized spacial score (nSPS) is 11.8. The quantitative estimate of drug-likeness (QED) is 0.465. The van der Waals surface area contributed by atoms with Gasteiger partial charge in [0, 0.05) is 31.0 Å². The van der Waals surface area contributed by atoms with Crippen LogP contribution in [0.4, 0.5) is 4.39 Å². The molecule has 1 N–H and O–H groups in total. The number of allylic oxidation sites excluding steroid dienone is 1. The number of aromatic nitrogens is 4. The van der Waals surface area contributed by atoms with E-state index in [4.69, 9.17) is 0 Å². The van der Waals surface area contributed by atoms with Crippen LogP contribution >= 0.6 is 11.8 Å². The van der Waals surface area contributed by atoms with Crippen LogP contribution in [0, 0.1) is 5.82 Å². The van der Waals surface area contributed by atoms with E-state index in [0.29, 0.717) is 24.1 Å². The van der Waals surface area contributed by atoms with Crippen LogP contribution in [-0.4, -0.2) is 30.9 Å². The minimum Gasteiger partial charge on any atom is -0.351 e. The Kier molecular flexibility index (Phi) is 6.54. The molecular weight excluding hydrogens is 377 g/mol. The Bertz CT molecular complexity index is 943. The summed E-state index contributed by atoms with van der Waals surface area (Å²) in [6.45, 7) is 6.45. The van der Waals surface area contributed by atoms with E-state index in [1.165, 1.54) is 23.9 Å². The third-order valence-electron chi connectivity index (χ3n) is 3.98. The largest absolute Gasteiger partial charge is 0.351 e. The van der Waals surface area contributed by atoms with Gasteiger partial charge in [0.15, 0.2) is 11.0 Å². The Morgan fingerprint density at radius 3 is 2.79 bits per heavy atom. The predicted octanol–water partition coefficient (Wildman–Crippen LogP) is 3.46. The van der Waals surface area contributed by atoms with E-state index in [9.17, 15) is 9.18 Å². The van der Waals surface area contributed by atoms with Crippen molar-refractivity contribution in [3.8, 4) is 11.4 Å². The van der Waals surface area contributed by atoms with E-state index in [0.717, 1.165) is 11.1 Å². The van der Waals surface area contributed by atoms with Crippen molar-refractivity contribution in [2.24, 2.45) is 0 Å². The number of nitrogens with one attached hydrogen (secondary N) is 1. The van der Waals surface area contributed by atoms with Gasteiger partial charge >= 0.3 is 0 Å². The number of hydrogen-bond donors (Lipinski definition) is 1. The van der Waals surface area contributed by atoms with Gasteiger partial charge in [-0.2, -0.15) is 0 Å². The van der Waals surface area contributed by atoms with Gasteiger partial charge in [-0.05, 0) is 36.8 Å². The number of carbonyl (C=O) groups is 1. The smallest absolute Gasteiger partial charge is 0.233 e. The fourth-order valence-corrected chi connectivity index (χ4v) is 3.41. The Hall–Kier alpha value is -3.00. The number of benzene rings is 1. The van der Waals surface area contributed by atoms with E-state index in [1.54, 1.807) is 37.5 Å². The van der Waals surface area contributed by atoms with Crippen molar-refractivity contribution in [3.63, 3.8) is 0 Å². The molecule has 0 unspecified atom stereocenters. The fraction of sp³-hybridized carbons (Fsp3) is 0.200.